The summed E-state index contributed by atoms with van der Waals surface area (Å²) < 4.78 is 0. The number of hydrogen-bond donors (Lipinski definition) is 1. The molecule has 0 aliphatic heterocycles. The third-order valence-electron chi connectivity index (χ3n) is 3.24. The van der Waals surface area contributed by atoms with Crippen LogP contribution < -0.4 is 4.90 Å². The highest BCUT2D eigenvalue weighted by Gasteiger charge is 2.03. The monoisotopic (exact) mass is 255 g/mol. The molecule has 2 aromatic carbocycles. The summed E-state index contributed by atoms with van der Waals surface area (Å²) in [6, 6.07) is 19.0. The Labute approximate surface area is 115 Å². The standard InChI is InChI=1S/C17H21NO/c1-18(14-16-7-3-2-4-8-16)17-11-5-9-15(13-17)10-6-12-19/h2-5,7-9,11,13,19H,6,10,12,14H2,1H3. The first-order valence-corrected chi connectivity index (χ1v) is 6.74. The lowest BCUT2D eigenvalue weighted by Crippen LogP contribution is -2.16. The number of nitrogens with zero attached hydrogens (tertiary/aromatic N) is 1. The molecule has 0 atom stereocenters. The van der Waals surface area contributed by atoms with Crippen molar-refractivity contribution in [3.05, 3.63) is 65.7 Å². The number of benzene rings is 2. The van der Waals surface area contributed by atoms with Gasteiger partial charge >= 0.3 is 0 Å². The molecule has 2 aromatic rings. The Hall–Kier alpha value is -1.80. The van der Waals surface area contributed by atoms with E-state index < -0.39 is 0 Å². The highest BCUT2D eigenvalue weighted by molar-refractivity contribution is 5.48. The van der Waals surface area contributed by atoms with Crippen molar-refractivity contribution in [2.45, 2.75) is 19.4 Å². The fraction of sp³-hybridized carbons (Fsp3) is 0.294. The van der Waals surface area contributed by atoms with Gasteiger partial charge in [-0.05, 0) is 36.1 Å². The summed E-state index contributed by atoms with van der Waals surface area (Å²) in [6.07, 6.45) is 1.76. The van der Waals surface area contributed by atoms with E-state index in [-0.39, 0.29) is 6.61 Å². The van der Waals surface area contributed by atoms with Gasteiger partial charge in [-0.15, -0.1) is 0 Å². The van der Waals surface area contributed by atoms with Gasteiger partial charge in [-0.2, -0.15) is 0 Å². The van der Waals surface area contributed by atoms with Gasteiger partial charge in [0.05, 0.1) is 0 Å². The maximum Gasteiger partial charge on any atom is 0.0434 e. The molecule has 0 amide bonds. The molecule has 100 valence electrons. The summed E-state index contributed by atoms with van der Waals surface area (Å²) >= 11 is 0. The topological polar surface area (TPSA) is 23.5 Å². The average molecular weight is 255 g/mol. The van der Waals surface area contributed by atoms with Crippen molar-refractivity contribution in [2.75, 3.05) is 18.6 Å². The molecule has 0 bridgehead atoms. The third-order valence-corrected chi connectivity index (χ3v) is 3.24. The van der Waals surface area contributed by atoms with Crippen LogP contribution in [0.2, 0.25) is 0 Å². The Morgan fingerprint density at radius 1 is 0.947 bits per heavy atom. The fourth-order valence-corrected chi connectivity index (χ4v) is 2.18. The van der Waals surface area contributed by atoms with E-state index in [0.29, 0.717) is 0 Å². The second-order valence-corrected chi connectivity index (χ2v) is 4.84. The molecule has 2 rings (SSSR count). The molecule has 0 heterocycles. The second kappa shape index (κ2) is 6.95. The van der Waals surface area contributed by atoms with Gasteiger partial charge in [-0.25, -0.2) is 0 Å². The van der Waals surface area contributed by atoms with Crippen LogP contribution in [0.5, 0.6) is 0 Å². The zero-order valence-electron chi connectivity index (χ0n) is 11.4. The fourth-order valence-electron chi connectivity index (χ4n) is 2.18. The molecule has 2 nitrogen and oxygen atoms in total. The smallest absolute Gasteiger partial charge is 0.0434 e. The zero-order chi connectivity index (χ0) is 13.5. The molecule has 0 radical (unpaired) electrons. The van der Waals surface area contributed by atoms with Crippen LogP contribution in [0.1, 0.15) is 17.5 Å². The number of hydrogen-bond acceptors (Lipinski definition) is 2. The lowest BCUT2D eigenvalue weighted by molar-refractivity contribution is 0.288. The number of rotatable bonds is 6. The van der Waals surface area contributed by atoms with E-state index in [9.17, 15) is 0 Å². The van der Waals surface area contributed by atoms with Gasteiger partial charge in [0.1, 0.15) is 0 Å². The maximum atomic E-state index is 8.89. The summed E-state index contributed by atoms with van der Waals surface area (Å²) in [5.74, 6) is 0. The predicted octanol–water partition coefficient (Wildman–Crippen LogP) is 3.25. The summed E-state index contributed by atoms with van der Waals surface area (Å²) in [5.41, 5.74) is 3.82. The van der Waals surface area contributed by atoms with Gasteiger partial charge in [0.2, 0.25) is 0 Å². The Morgan fingerprint density at radius 3 is 2.42 bits per heavy atom. The van der Waals surface area contributed by atoms with Crippen molar-refractivity contribution in [1.29, 1.82) is 0 Å². The first-order valence-electron chi connectivity index (χ1n) is 6.74. The van der Waals surface area contributed by atoms with Crippen molar-refractivity contribution in [3.63, 3.8) is 0 Å². The van der Waals surface area contributed by atoms with Gasteiger partial charge in [0.25, 0.3) is 0 Å². The van der Waals surface area contributed by atoms with Crippen LogP contribution in [-0.2, 0) is 13.0 Å². The molecule has 0 unspecified atom stereocenters. The van der Waals surface area contributed by atoms with Crippen LogP contribution in [0.15, 0.2) is 54.6 Å². The zero-order valence-corrected chi connectivity index (χ0v) is 11.4. The van der Waals surface area contributed by atoms with Crippen LogP contribution in [0, 0.1) is 0 Å². The lowest BCUT2D eigenvalue weighted by atomic mass is 10.1. The summed E-state index contributed by atoms with van der Waals surface area (Å²) in [7, 11) is 2.11. The van der Waals surface area contributed by atoms with E-state index in [1.54, 1.807) is 0 Å². The highest BCUT2D eigenvalue weighted by Crippen LogP contribution is 2.18. The summed E-state index contributed by atoms with van der Waals surface area (Å²) in [5, 5.41) is 8.89. The molecular formula is C17H21NO. The molecular weight excluding hydrogens is 234 g/mol. The number of anilines is 1. The third kappa shape index (κ3) is 4.11. The van der Waals surface area contributed by atoms with Crippen LogP contribution in [0.4, 0.5) is 5.69 Å². The van der Waals surface area contributed by atoms with E-state index in [1.807, 2.05) is 6.07 Å². The molecule has 0 fully saturated rings. The number of aliphatic hydroxyl groups is 1. The molecule has 0 aliphatic rings. The second-order valence-electron chi connectivity index (χ2n) is 4.84. The first kappa shape index (κ1) is 13.6. The molecule has 2 heteroatoms. The Balaban J connectivity index is 2.04. The largest absolute Gasteiger partial charge is 0.396 e. The maximum absolute atomic E-state index is 8.89. The molecule has 0 saturated carbocycles. The Morgan fingerprint density at radius 2 is 1.68 bits per heavy atom. The van der Waals surface area contributed by atoms with E-state index in [0.717, 1.165) is 19.4 Å². The van der Waals surface area contributed by atoms with Gasteiger partial charge < -0.3 is 10.0 Å². The van der Waals surface area contributed by atoms with Crippen LogP contribution >= 0.6 is 0 Å². The van der Waals surface area contributed by atoms with Gasteiger partial charge in [-0.1, -0.05) is 42.5 Å². The van der Waals surface area contributed by atoms with Gasteiger partial charge in [0.15, 0.2) is 0 Å². The van der Waals surface area contributed by atoms with Crippen LogP contribution in [0.3, 0.4) is 0 Å². The van der Waals surface area contributed by atoms with Crippen LogP contribution in [-0.4, -0.2) is 18.8 Å². The Kier molecular flexibility index (Phi) is 4.99. The van der Waals surface area contributed by atoms with Gasteiger partial charge in [-0.3, -0.25) is 0 Å². The predicted molar refractivity (Wildman–Crippen MR) is 80.4 cm³/mol. The minimum Gasteiger partial charge on any atom is -0.396 e. The molecule has 0 aromatic heterocycles. The van der Waals surface area contributed by atoms with E-state index in [4.69, 9.17) is 5.11 Å². The summed E-state index contributed by atoms with van der Waals surface area (Å²) in [4.78, 5) is 2.25. The number of aryl methyl sites for hydroxylation is 1. The minimum absolute atomic E-state index is 0.254. The number of aliphatic hydroxyl groups excluding tert-OH is 1. The highest BCUT2D eigenvalue weighted by atomic mass is 16.2. The SMILES string of the molecule is CN(Cc1ccccc1)c1cccc(CCCO)c1. The minimum atomic E-state index is 0.254. The van der Waals surface area contributed by atoms with Crippen molar-refractivity contribution in [1.82, 2.24) is 0 Å². The first-order chi connectivity index (χ1) is 9.29. The molecule has 19 heavy (non-hydrogen) atoms. The summed E-state index contributed by atoms with van der Waals surface area (Å²) in [6.45, 7) is 1.16. The normalized spacial score (nSPS) is 10.4. The Bertz CT molecular complexity index is 496. The van der Waals surface area contributed by atoms with Crippen molar-refractivity contribution < 1.29 is 5.11 Å². The van der Waals surface area contributed by atoms with E-state index >= 15 is 0 Å². The van der Waals surface area contributed by atoms with E-state index in [1.165, 1.54) is 16.8 Å². The van der Waals surface area contributed by atoms with E-state index in [2.05, 4.69) is 60.5 Å². The van der Waals surface area contributed by atoms with Crippen molar-refractivity contribution in [2.24, 2.45) is 0 Å². The lowest BCUT2D eigenvalue weighted by Gasteiger charge is -2.20. The average Bonchev–Trinajstić information content (AvgIpc) is 2.46. The molecule has 0 saturated heterocycles. The van der Waals surface area contributed by atoms with Crippen molar-refractivity contribution in [3.8, 4) is 0 Å². The molecule has 0 spiro atoms. The quantitative estimate of drug-likeness (QED) is 0.856. The van der Waals surface area contributed by atoms with Crippen molar-refractivity contribution >= 4 is 5.69 Å². The van der Waals surface area contributed by atoms with Crippen LogP contribution in [0.25, 0.3) is 0 Å². The van der Waals surface area contributed by atoms with Gasteiger partial charge in [0, 0.05) is 25.9 Å². The molecule has 1 N–H and O–H groups in total. The molecule has 0 aliphatic carbocycles.